The zero-order valence-corrected chi connectivity index (χ0v) is 7.59. The lowest BCUT2D eigenvalue weighted by Gasteiger charge is -1.86. The summed E-state index contributed by atoms with van der Waals surface area (Å²) in [7, 11) is 0. The first-order chi connectivity index (χ1) is 4.68. The third-order valence-electron chi connectivity index (χ3n) is 0.711. The summed E-state index contributed by atoms with van der Waals surface area (Å²) < 4.78 is 4.83. The van der Waals surface area contributed by atoms with Crippen LogP contribution in [0.25, 0.3) is 0 Å². The van der Waals surface area contributed by atoms with Crippen molar-refractivity contribution in [3.05, 3.63) is 0 Å². The van der Waals surface area contributed by atoms with E-state index in [2.05, 4.69) is 0 Å². The third kappa shape index (κ3) is 44.6. The predicted octanol–water partition coefficient (Wildman–Crippen LogP) is 1.69. The van der Waals surface area contributed by atoms with E-state index in [9.17, 15) is 4.79 Å². The van der Waals surface area contributed by atoms with Crippen LogP contribution in [0.2, 0.25) is 0 Å². The Kier molecular flexibility index (Phi) is 24.7. The molecule has 0 spiro atoms. The van der Waals surface area contributed by atoms with Crippen molar-refractivity contribution < 1.29 is 14.6 Å². The van der Waals surface area contributed by atoms with Gasteiger partial charge in [0.2, 0.25) is 0 Å². The predicted molar refractivity (Wildman–Crippen MR) is 45.1 cm³/mol. The number of carboxylic acids is 1. The van der Waals surface area contributed by atoms with Gasteiger partial charge < -0.3 is 16.0 Å². The molecule has 0 amide bonds. The molecular weight excluding hydrogens is 146 g/mol. The molecule has 0 aromatic carbocycles. The van der Waals surface area contributed by atoms with E-state index in [1.807, 2.05) is 13.8 Å². The molecule has 0 aliphatic rings. The summed E-state index contributed by atoms with van der Waals surface area (Å²) in [4.78, 5) is 9.37. The Bertz CT molecular complexity index is 74.1. The molecule has 0 bridgehead atoms. The van der Waals surface area contributed by atoms with Crippen molar-refractivity contribution in [2.24, 2.45) is 0 Å². The minimum absolute atomic E-state index is 0. The van der Waals surface area contributed by atoms with Gasteiger partial charge in [-0.1, -0.05) is 6.92 Å². The number of hydrogen-bond acceptors (Lipinski definition) is 3. The topological polar surface area (TPSA) is 81.5 Å². The summed E-state index contributed by atoms with van der Waals surface area (Å²) in [6.45, 7) is 7.27. The molecule has 0 atom stereocenters. The Balaban J connectivity index is -0.000000107. The van der Waals surface area contributed by atoms with Gasteiger partial charge in [0.1, 0.15) is 0 Å². The molecule has 0 aliphatic heterocycles. The van der Waals surface area contributed by atoms with Crippen molar-refractivity contribution in [3.63, 3.8) is 0 Å². The normalized spacial score (nSPS) is 7.18. The molecule has 11 heavy (non-hydrogen) atoms. The molecule has 0 saturated carbocycles. The van der Waals surface area contributed by atoms with Crippen LogP contribution in [0.15, 0.2) is 0 Å². The van der Waals surface area contributed by atoms with E-state index < -0.39 is 5.97 Å². The largest absolute Gasteiger partial charge is 0.481 e. The van der Waals surface area contributed by atoms with E-state index in [4.69, 9.17) is 9.84 Å². The fraction of sp³-hybridized carbons (Fsp3) is 0.857. The number of carbonyl (C=O) groups is 1. The van der Waals surface area contributed by atoms with Crippen LogP contribution in [-0.2, 0) is 9.53 Å². The molecule has 70 valence electrons. The highest BCUT2D eigenvalue weighted by molar-refractivity contribution is 5.66. The first kappa shape index (κ1) is 16.8. The van der Waals surface area contributed by atoms with Crippen LogP contribution in [0.3, 0.4) is 0 Å². The van der Waals surface area contributed by atoms with Crippen molar-refractivity contribution >= 4 is 5.97 Å². The summed E-state index contributed by atoms with van der Waals surface area (Å²) in [5.41, 5.74) is 0. The molecule has 0 rings (SSSR count). The van der Waals surface area contributed by atoms with Crippen molar-refractivity contribution in [1.82, 2.24) is 6.15 Å². The van der Waals surface area contributed by atoms with Crippen LogP contribution >= 0.6 is 0 Å². The number of aliphatic carboxylic acids is 1. The molecule has 0 aliphatic carbocycles. The molecule has 0 fully saturated rings. The van der Waals surface area contributed by atoms with E-state index in [0.717, 1.165) is 13.2 Å². The lowest BCUT2D eigenvalue weighted by Crippen LogP contribution is -1.86. The molecule has 0 aromatic heterocycles. The van der Waals surface area contributed by atoms with Crippen LogP contribution in [-0.4, -0.2) is 24.3 Å². The highest BCUT2D eigenvalue weighted by atomic mass is 16.5. The number of rotatable bonds is 3. The number of hydrogen-bond donors (Lipinski definition) is 2. The average Bonchev–Trinajstić information content (AvgIpc) is 1.91. The van der Waals surface area contributed by atoms with Gasteiger partial charge in [0.05, 0.1) is 0 Å². The Labute approximate surface area is 68.1 Å². The zero-order valence-electron chi connectivity index (χ0n) is 7.59. The maximum Gasteiger partial charge on any atom is 0.303 e. The highest BCUT2D eigenvalue weighted by Crippen LogP contribution is 1.67. The molecule has 0 unspecified atom stereocenters. The van der Waals surface area contributed by atoms with Crippen LogP contribution in [0.1, 0.15) is 27.2 Å². The standard InChI is InChI=1S/C4H10O.C3H6O2.H3N/c1-3-5-4-2;1-2-3(4)5;/h3-4H2,1-2H3;2H2,1H3,(H,4,5);1H3. The number of carboxylic acid groups (broad SMARTS) is 1. The van der Waals surface area contributed by atoms with Crippen LogP contribution in [0.4, 0.5) is 0 Å². The number of ether oxygens (including phenoxy) is 1. The Morgan fingerprint density at radius 2 is 1.55 bits per heavy atom. The second kappa shape index (κ2) is 16.2. The first-order valence-corrected chi connectivity index (χ1v) is 3.48. The SMILES string of the molecule is CCC(=O)O.CCOCC.N. The summed E-state index contributed by atoms with van der Waals surface area (Å²) >= 11 is 0. The van der Waals surface area contributed by atoms with Crippen LogP contribution < -0.4 is 6.15 Å². The van der Waals surface area contributed by atoms with Gasteiger partial charge >= 0.3 is 5.97 Å². The van der Waals surface area contributed by atoms with E-state index in [1.54, 1.807) is 6.92 Å². The molecular formula is C7H19NO3. The lowest BCUT2D eigenvalue weighted by molar-refractivity contribution is -0.136. The lowest BCUT2D eigenvalue weighted by atomic mass is 10.5. The summed E-state index contributed by atoms with van der Waals surface area (Å²) in [5.74, 6) is -0.745. The fourth-order valence-corrected chi connectivity index (χ4v) is 0.204. The smallest absolute Gasteiger partial charge is 0.303 e. The van der Waals surface area contributed by atoms with E-state index in [-0.39, 0.29) is 12.6 Å². The molecule has 4 N–H and O–H groups in total. The maximum absolute atomic E-state index is 9.37. The van der Waals surface area contributed by atoms with Gasteiger partial charge in [-0.15, -0.1) is 0 Å². The van der Waals surface area contributed by atoms with Gasteiger partial charge in [-0.3, -0.25) is 4.79 Å². The molecule has 0 heterocycles. The Morgan fingerprint density at radius 3 is 1.55 bits per heavy atom. The summed E-state index contributed by atoms with van der Waals surface area (Å²) in [5, 5.41) is 7.72. The van der Waals surface area contributed by atoms with Gasteiger partial charge in [-0.25, -0.2) is 0 Å². The third-order valence-corrected chi connectivity index (χ3v) is 0.711. The molecule has 0 saturated heterocycles. The second-order valence-electron chi connectivity index (χ2n) is 1.53. The van der Waals surface area contributed by atoms with Crippen LogP contribution in [0, 0.1) is 0 Å². The second-order valence-corrected chi connectivity index (χ2v) is 1.53. The van der Waals surface area contributed by atoms with Crippen molar-refractivity contribution in [3.8, 4) is 0 Å². The van der Waals surface area contributed by atoms with Crippen molar-refractivity contribution in [2.75, 3.05) is 13.2 Å². The van der Waals surface area contributed by atoms with Gasteiger partial charge in [-0.05, 0) is 13.8 Å². The Hall–Kier alpha value is -0.610. The van der Waals surface area contributed by atoms with Crippen LogP contribution in [0.5, 0.6) is 0 Å². The minimum Gasteiger partial charge on any atom is -0.481 e. The van der Waals surface area contributed by atoms with Gasteiger partial charge in [0.25, 0.3) is 0 Å². The van der Waals surface area contributed by atoms with E-state index in [1.165, 1.54) is 0 Å². The molecule has 0 aromatic rings. The molecule has 4 heteroatoms. The first-order valence-electron chi connectivity index (χ1n) is 3.48. The average molecular weight is 165 g/mol. The molecule has 4 nitrogen and oxygen atoms in total. The van der Waals surface area contributed by atoms with Gasteiger partial charge in [0, 0.05) is 19.6 Å². The van der Waals surface area contributed by atoms with Crippen molar-refractivity contribution in [1.29, 1.82) is 0 Å². The Morgan fingerprint density at radius 1 is 1.27 bits per heavy atom. The van der Waals surface area contributed by atoms with E-state index >= 15 is 0 Å². The monoisotopic (exact) mass is 165 g/mol. The van der Waals surface area contributed by atoms with Gasteiger partial charge in [-0.2, -0.15) is 0 Å². The minimum atomic E-state index is -0.745. The zero-order chi connectivity index (χ0) is 8.41. The van der Waals surface area contributed by atoms with Gasteiger partial charge in [0.15, 0.2) is 0 Å². The quantitative estimate of drug-likeness (QED) is 0.666. The fourth-order valence-electron chi connectivity index (χ4n) is 0.204. The summed E-state index contributed by atoms with van der Waals surface area (Å²) in [6.07, 6.45) is 0.222. The molecule has 0 radical (unpaired) electrons. The summed E-state index contributed by atoms with van der Waals surface area (Å²) in [6, 6.07) is 0. The van der Waals surface area contributed by atoms with Crippen molar-refractivity contribution in [2.45, 2.75) is 27.2 Å². The maximum atomic E-state index is 9.37. The highest BCUT2D eigenvalue weighted by Gasteiger charge is 1.80. The van der Waals surface area contributed by atoms with E-state index in [0.29, 0.717) is 0 Å².